The zero-order valence-corrected chi connectivity index (χ0v) is 11.2. The third kappa shape index (κ3) is 2.83. The Hall–Kier alpha value is -0.970. The fraction of sp³-hybridized carbons (Fsp3) is 0.538. The van der Waals surface area contributed by atoms with E-state index in [2.05, 4.69) is 24.2 Å². The Morgan fingerprint density at radius 3 is 2.41 bits per heavy atom. The summed E-state index contributed by atoms with van der Waals surface area (Å²) < 4.78 is 13.4. The summed E-state index contributed by atoms with van der Waals surface area (Å²) in [7, 11) is 3.97. The normalized spacial score (nSPS) is 14.1. The lowest BCUT2D eigenvalue weighted by Crippen LogP contribution is -2.51. The molecule has 0 fully saturated rings. The molecule has 0 saturated heterocycles. The van der Waals surface area contributed by atoms with Gasteiger partial charge in [0.15, 0.2) is 0 Å². The molecule has 1 rings (SSSR count). The van der Waals surface area contributed by atoms with Crippen molar-refractivity contribution in [3.8, 4) is 0 Å². The minimum absolute atomic E-state index is 0.131. The van der Waals surface area contributed by atoms with Crippen molar-refractivity contribution in [1.29, 1.82) is 0 Å². The second kappa shape index (κ2) is 5.12. The molecule has 0 amide bonds. The first-order chi connectivity index (χ1) is 7.80. The molecule has 1 unspecified atom stereocenters. The van der Waals surface area contributed by atoms with Crippen LogP contribution in [-0.2, 0) is 0 Å². The van der Waals surface area contributed by atoms with Crippen LogP contribution in [0, 0.1) is 12.7 Å². The summed E-state index contributed by atoms with van der Waals surface area (Å²) in [6.07, 6.45) is 0. The zero-order valence-electron chi connectivity index (χ0n) is 11.2. The molecular formula is C13H22FN3. The Labute approximate surface area is 103 Å². The van der Waals surface area contributed by atoms with Crippen molar-refractivity contribution in [2.24, 2.45) is 5.84 Å². The molecular weight excluding hydrogens is 217 g/mol. The molecule has 1 aromatic rings. The van der Waals surface area contributed by atoms with E-state index in [-0.39, 0.29) is 17.4 Å². The second-order valence-electron chi connectivity index (χ2n) is 5.15. The van der Waals surface area contributed by atoms with E-state index in [0.717, 1.165) is 11.1 Å². The molecule has 4 heteroatoms. The van der Waals surface area contributed by atoms with Crippen molar-refractivity contribution in [2.75, 3.05) is 14.1 Å². The Morgan fingerprint density at radius 2 is 1.94 bits per heavy atom. The number of hydrogen-bond acceptors (Lipinski definition) is 3. The van der Waals surface area contributed by atoms with Crippen LogP contribution in [0.15, 0.2) is 18.2 Å². The van der Waals surface area contributed by atoms with E-state index in [9.17, 15) is 4.39 Å². The van der Waals surface area contributed by atoms with E-state index in [1.54, 1.807) is 12.1 Å². The van der Waals surface area contributed by atoms with E-state index in [4.69, 9.17) is 5.84 Å². The van der Waals surface area contributed by atoms with E-state index in [0.29, 0.717) is 0 Å². The first kappa shape index (κ1) is 14.1. The Morgan fingerprint density at radius 1 is 1.35 bits per heavy atom. The number of likely N-dealkylation sites (N-methyl/N-ethyl adjacent to an activating group) is 1. The first-order valence-electron chi connectivity index (χ1n) is 5.70. The number of nitrogens with zero attached hydrogens (tertiary/aromatic N) is 1. The lowest BCUT2D eigenvalue weighted by atomic mass is 9.86. The molecule has 0 aliphatic heterocycles. The molecule has 3 N–H and O–H groups in total. The van der Waals surface area contributed by atoms with Gasteiger partial charge in [0.05, 0.1) is 6.04 Å². The SMILES string of the molecule is Cc1ccc(F)cc1C(NN)C(C)(C)N(C)C. The predicted molar refractivity (Wildman–Crippen MR) is 69.0 cm³/mol. The summed E-state index contributed by atoms with van der Waals surface area (Å²) >= 11 is 0. The van der Waals surface area contributed by atoms with Crippen molar-refractivity contribution in [3.05, 3.63) is 35.1 Å². The molecule has 1 aromatic carbocycles. The van der Waals surface area contributed by atoms with E-state index >= 15 is 0 Å². The average Bonchev–Trinajstić information content (AvgIpc) is 2.23. The number of aryl methyl sites for hydroxylation is 1. The number of nitrogens with two attached hydrogens (primary N) is 1. The van der Waals surface area contributed by atoms with Crippen molar-refractivity contribution in [3.63, 3.8) is 0 Å². The van der Waals surface area contributed by atoms with Crippen molar-refractivity contribution >= 4 is 0 Å². The highest BCUT2D eigenvalue weighted by Crippen LogP contribution is 2.31. The Balaban J connectivity index is 3.22. The fourth-order valence-electron chi connectivity index (χ4n) is 1.85. The number of rotatable bonds is 4. The third-order valence-electron chi connectivity index (χ3n) is 3.58. The third-order valence-corrected chi connectivity index (χ3v) is 3.58. The van der Waals surface area contributed by atoms with Crippen molar-refractivity contribution in [2.45, 2.75) is 32.4 Å². The highest BCUT2D eigenvalue weighted by atomic mass is 19.1. The minimum atomic E-state index is -0.236. The van der Waals surface area contributed by atoms with Gasteiger partial charge in [-0.1, -0.05) is 6.07 Å². The smallest absolute Gasteiger partial charge is 0.123 e. The van der Waals surface area contributed by atoms with Gasteiger partial charge in [-0.3, -0.25) is 11.3 Å². The molecule has 0 radical (unpaired) electrons. The molecule has 0 aromatic heterocycles. The van der Waals surface area contributed by atoms with E-state index in [1.807, 2.05) is 21.0 Å². The summed E-state index contributed by atoms with van der Waals surface area (Å²) in [5.74, 6) is 5.41. The van der Waals surface area contributed by atoms with Gasteiger partial charge in [0, 0.05) is 5.54 Å². The van der Waals surface area contributed by atoms with Crippen LogP contribution in [0.1, 0.15) is 31.0 Å². The van der Waals surface area contributed by atoms with Crippen LogP contribution in [0.4, 0.5) is 4.39 Å². The van der Waals surface area contributed by atoms with Gasteiger partial charge >= 0.3 is 0 Å². The Kier molecular flexibility index (Phi) is 4.25. The number of halogens is 1. The second-order valence-corrected chi connectivity index (χ2v) is 5.15. The molecule has 17 heavy (non-hydrogen) atoms. The number of nitrogens with one attached hydrogen (secondary N) is 1. The number of benzene rings is 1. The van der Waals surface area contributed by atoms with Gasteiger partial charge in [-0.05, 0) is 58.1 Å². The summed E-state index contributed by atoms with van der Waals surface area (Å²) in [6, 6.07) is 4.66. The van der Waals surface area contributed by atoms with Crippen molar-refractivity contribution in [1.82, 2.24) is 10.3 Å². The molecule has 0 aliphatic rings. The Bertz CT molecular complexity index is 388. The predicted octanol–water partition coefficient (Wildman–Crippen LogP) is 1.98. The number of hydrazine groups is 1. The molecule has 1 atom stereocenters. The quantitative estimate of drug-likeness (QED) is 0.623. The average molecular weight is 239 g/mol. The van der Waals surface area contributed by atoms with Gasteiger partial charge in [0.1, 0.15) is 5.82 Å². The minimum Gasteiger partial charge on any atom is -0.302 e. The lowest BCUT2D eigenvalue weighted by Gasteiger charge is -2.40. The van der Waals surface area contributed by atoms with Crippen LogP contribution in [0.5, 0.6) is 0 Å². The lowest BCUT2D eigenvalue weighted by molar-refractivity contribution is 0.137. The fourth-order valence-corrected chi connectivity index (χ4v) is 1.85. The van der Waals surface area contributed by atoms with Gasteiger partial charge in [0.25, 0.3) is 0 Å². The highest BCUT2D eigenvalue weighted by molar-refractivity contribution is 5.31. The summed E-state index contributed by atoms with van der Waals surface area (Å²) in [4.78, 5) is 2.07. The van der Waals surface area contributed by atoms with E-state index < -0.39 is 0 Å². The monoisotopic (exact) mass is 239 g/mol. The molecule has 0 bridgehead atoms. The molecule has 3 nitrogen and oxygen atoms in total. The standard InChI is InChI=1S/C13H22FN3/c1-9-6-7-10(14)8-11(9)12(16-15)13(2,3)17(4)5/h6-8,12,16H,15H2,1-5H3. The van der Waals surface area contributed by atoms with Crippen LogP contribution in [0.2, 0.25) is 0 Å². The summed E-state index contributed by atoms with van der Waals surface area (Å²) in [5.41, 5.74) is 4.51. The van der Waals surface area contributed by atoms with Gasteiger partial charge in [-0.25, -0.2) is 4.39 Å². The highest BCUT2D eigenvalue weighted by Gasteiger charge is 2.33. The van der Waals surface area contributed by atoms with Crippen LogP contribution < -0.4 is 11.3 Å². The van der Waals surface area contributed by atoms with Gasteiger partial charge in [-0.2, -0.15) is 0 Å². The zero-order chi connectivity index (χ0) is 13.2. The van der Waals surface area contributed by atoms with Crippen LogP contribution >= 0.6 is 0 Å². The maximum absolute atomic E-state index is 13.4. The molecule has 0 heterocycles. The molecule has 96 valence electrons. The number of hydrogen-bond donors (Lipinski definition) is 2. The van der Waals surface area contributed by atoms with Gasteiger partial charge < -0.3 is 4.90 Å². The van der Waals surface area contributed by atoms with E-state index in [1.165, 1.54) is 6.07 Å². The maximum Gasteiger partial charge on any atom is 0.123 e. The van der Waals surface area contributed by atoms with Crippen LogP contribution in [-0.4, -0.2) is 24.5 Å². The topological polar surface area (TPSA) is 41.3 Å². The van der Waals surface area contributed by atoms with Gasteiger partial charge in [0.2, 0.25) is 0 Å². The summed E-state index contributed by atoms with van der Waals surface area (Å²) in [5, 5.41) is 0. The van der Waals surface area contributed by atoms with Crippen LogP contribution in [0.25, 0.3) is 0 Å². The summed E-state index contributed by atoms with van der Waals surface area (Å²) in [6.45, 7) is 6.11. The molecule has 0 saturated carbocycles. The first-order valence-corrected chi connectivity index (χ1v) is 5.70. The van der Waals surface area contributed by atoms with Crippen LogP contribution in [0.3, 0.4) is 0 Å². The largest absolute Gasteiger partial charge is 0.302 e. The molecule has 0 spiro atoms. The van der Waals surface area contributed by atoms with Crippen molar-refractivity contribution < 1.29 is 4.39 Å². The maximum atomic E-state index is 13.4. The molecule has 0 aliphatic carbocycles. The van der Waals surface area contributed by atoms with Gasteiger partial charge in [-0.15, -0.1) is 0 Å².